The van der Waals surface area contributed by atoms with Gasteiger partial charge in [0.05, 0.1) is 17.1 Å². The molecule has 158 valence electrons. The highest BCUT2D eigenvalue weighted by Crippen LogP contribution is 2.24. The zero-order chi connectivity index (χ0) is 21.3. The Bertz CT molecular complexity index is 1130. The molecule has 1 aromatic carbocycles. The van der Waals surface area contributed by atoms with E-state index < -0.39 is 0 Å². The number of fused-ring (bicyclic) bond motifs is 1. The lowest BCUT2D eigenvalue weighted by Crippen LogP contribution is -2.29. The Hall–Kier alpha value is -2.41. The molecule has 0 radical (unpaired) electrons. The van der Waals surface area contributed by atoms with Gasteiger partial charge in [-0.15, -0.1) is 0 Å². The Balaban J connectivity index is 1.71. The molecule has 1 aliphatic rings. The number of nitrogens with zero attached hydrogens (tertiary/aromatic N) is 4. The third-order valence-electron chi connectivity index (χ3n) is 5.31. The maximum atomic E-state index is 13.2. The topological polar surface area (TPSA) is 63.6 Å². The van der Waals surface area contributed by atoms with Crippen LogP contribution in [0.25, 0.3) is 10.9 Å². The van der Waals surface area contributed by atoms with Crippen LogP contribution in [0.4, 0.5) is 5.88 Å². The van der Waals surface area contributed by atoms with Crippen molar-refractivity contribution in [3.05, 3.63) is 56.7 Å². The van der Waals surface area contributed by atoms with E-state index >= 15 is 0 Å². The zero-order valence-corrected chi connectivity index (χ0v) is 19.3. The molecule has 7 heteroatoms. The number of anilines is 1. The van der Waals surface area contributed by atoms with Gasteiger partial charge in [-0.05, 0) is 37.1 Å². The summed E-state index contributed by atoms with van der Waals surface area (Å²) >= 11 is 3.44. The molecule has 1 saturated heterocycles. The molecule has 3 aromatic rings. The fourth-order valence-electron chi connectivity index (χ4n) is 3.73. The van der Waals surface area contributed by atoms with Crippen molar-refractivity contribution in [3.8, 4) is 0 Å². The maximum Gasteiger partial charge on any atom is 0.282 e. The predicted octanol–water partition coefficient (Wildman–Crippen LogP) is 5.31. The molecule has 1 fully saturated rings. The molecule has 0 atom stereocenters. The van der Waals surface area contributed by atoms with Crippen LogP contribution in [0.5, 0.6) is 0 Å². The molecule has 0 spiro atoms. The number of hydrogen-bond donors (Lipinski definition) is 0. The standard InChI is InChI=1S/C23H27BrN4O2/c1-23(2,3)22-26-19-10-8-16(24)14-18(19)21(29)28(22)25-15-17-9-11-20(30-17)27-12-6-4-5-7-13-27/h8-11,14-15H,4-7,12-13H2,1-3H3. The number of hydrogen-bond acceptors (Lipinski definition) is 5. The summed E-state index contributed by atoms with van der Waals surface area (Å²) in [7, 11) is 0. The second-order valence-electron chi connectivity index (χ2n) is 8.79. The van der Waals surface area contributed by atoms with Crippen molar-refractivity contribution >= 4 is 38.9 Å². The quantitative estimate of drug-likeness (QED) is 0.486. The Labute approximate surface area is 184 Å². The SMILES string of the molecule is CC(C)(C)c1nc2ccc(Br)cc2c(=O)n1N=Cc1ccc(N2CCCCCC2)o1. The summed E-state index contributed by atoms with van der Waals surface area (Å²) in [6, 6.07) is 9.41. The molecule has 30 heavy (non-hydrogen) atoms. The highest BCUT2D eigenvalue weighted by molar-refractivity contribution is 9.10. The second kappa shape index (κ2) is 8.38. The molecule has 0 aliphatic carbocycles. The van der Waals surface area contributed by atoms with Gasteiger partial charge in [0.15, 0.2) is 5.88 Å². The van der Waals surface area contributed by atoms with Crippen molar-refractivity contribution in [2.24, 2.45) is 5.10 Å². The molecule has 0 unspecified atom stereocenters. The van der Waals surface area contributed by atoms with Gasteiger partial charge in [-0.25, -0.2) is 4.98 Å². The summed E-state index contributed by atoms with van der Waals surface area (Å²) in [5, 5.41) is 5.02. The maximum absolute atomic E-state index is 13.2. The van der Waals surface area contributed by atoms with Crippen molar-refractivity contribution in [2.75, 3.05) is 18.0 Å². The minimum absolute atomic E-state index is 0.193. The molecule has 3 heterocycles. The molecule has 1 aliphatic heterocycles. The summed E-state index contributed by atoms with van der Waals surface area (Å²) in [5.41, 5.74) is 0.126. The van der Waals surface area contributed by atoms with E-state index in [2.05, 4.69) is 25.9 Å². The van der Waals surface area contributed by atoms with Crippen LogP contribution < -0.4 is 10.5 Å². The van der Waals surface area contributed by atoms with Gasteiger partial charge < -0.3 is 9.32 Å². The fourth-order valence-corrected chi connectivity index (χ4v) is 4.09. The molecular weight excluding hydrogens is 444 g/mol. The molecule has 6 nitrogen and oxygen atoms in total. The van der Waals surface area contributed by atoms with E-state index in [4.69, 9.17) is 9.40 Å². The molecule has 0 N–H and O–H groups in total. The first-order chi connectivity index (χ1) is 14.3. The average molecular weight is 471 g/mol. The number of halogens is 1. The summed E-state index contributed by atoms with van der Waals surface area (Å²) in [5.74, 6) is 2.09. The normalized spacial score (nSPS) is 15.8. The van der Waals surface area contributed by atoms with Gasteiger partial charge in [0.1, 0.15) is 11.6 Å². The minimum Gasteiger partial charge on any atom is -0.440 e. The Morgan fingerprint density at radius 2 is 1.83 bits per heavy atom. The second-order valence-corrected chi connectivity index (χ2v) is 9.70. The molecule has 0 amide bonds. The summed E-state index contributed by atoms with van der Waals surface area (Å²) in [6.45, 7) is 8.10. The van der Waals surface area contributed by atoms with Crippen molar-refractivity contribution in [2.45, 2.75) is 51.9 Å². The highest BCUT2D eigenvalue weighted by atomic mass is 79.9. The van der Waals surface area contributed by atoms with Crippen molar-refractivity contribution in [3.63, 3.8) is 0 Å². The molecule has 0 bridgehead atoms. The van der Waals surface area contributed by atoms with E-state index in [0.29, 0.717) is 22.5 Å². The van der Waals surface area contributed by atoms with Crippen LogP contribution >= 0.6 is 15.9 Å². The van der Waals surface area contributed by atoms with Crippen molar-refractivity contribution in [1.29, 1.82) is 0 Å². The van der Waals surface area contributed by atoms with Crippen LogP contribution in [0.3, 0.4) is 0 Å². The van der Waals surface area contributed by atoms with E-state index in [1.807, 2.05) is 45.0 Å². The van der Waals surface area contributed by atoms with Crippen LogP contribution in [0.2, 0.25) is 0 Å². The zero-order valence-electron chi connectivity index (χ0n) is 17.7. The first-order valence-corrected chi connectivity index (χ1v) is 11.2. The number of benzene rings is 1. The number of furan rings is 1. The van der Waals surface area contributed by atoms with Gasteiger partial charge in [0, 0.05) is 29.0 Å². The lowest BCUT2D eigenvalue weighted by molar-refractivity contribution is 0.504. The van der Waals surface area contributed by atoms with Gasteiger partial charge >= 0.3 is 0 Å². The fraction of sp³-hybridized carbons (Fsp3) is 0.435. The van der Waals surface area contributed by atoms with E-state index in [1.54, 1.807) is 12.3 Å². The molecule has 0 saturated carbocycles. The lowest BCUT2D eigenvalue weighted by Gasteiger charge is -2.20. The monoisotopic (exact) mass is 470 g/mol. The van der Waals surface area contributed by atoms with Gasteiger partial charge in [0.2, 0.25) is 0 Å². The van der Waals surface area contributed by atoms with Gasteiger partial charge in [-0.2, -0.15) is 9.78 Å². The van der Waals surface area contributed by atoms with Gasteiger partial charge in [0.25, 0.3) is 5.56 Å². The third-order valence-corrected chi connectivity index (χ3v) is 5.80. The highest BCUT2D eigenvalue weighted by Gasteiger charge is 2.23. The van der Waals surface area contributed by atoms with Crippen molar-refractivity contribution in [1.82, 2.24) is 9.66 Å². The Morgan fingerprint density at radius 3 is 2.53 bits per heavy atom. The van der Waals surface area contributed by atoms with Crippen LogP contribution in [0, 0.1) is 0 Å². The van der Waals surface area contributed by atoms with E-state index in [-0.39, 0.29) is 11.0 Å². The third kappa shape index (κ3) is 4.36. The molecular formula is C23H27BrN4O2. The smallest absolute Gasteiger partial charge is 0.282 e. The summed E-state index contributed by atoms with van der Waals surface area (Å²) in [6.07, 6.45) is 6.52. The van der Waals surface area contributed by atoms with Crippen molar-refractivity contribution < 1.29 is 4.42 Å². The minimum atomic E-state index is -0.349. The van der Waals surface area contributed by atoms with Crippen LogP contribution in [-0.4, -0.2) is 29.0 Å². The largest absolute Gasteiger partial charge is 0.440 e. The van der Waals surface area contributed by atoms with Crippen LogP contribution in [-0.2, 0) is 5.41 Å². The van der Waals surface area contributed by atoms with Crippen LogP contribution in [0.1, 0.15) is 58.0 Å². The summed E-state index contributed by atoms with van der Waals surface area (Å²) < 4.78 is 8.23. The first-order valence-electron chi connectivity index (χ1n) is 10.4. The van der Waals surface area contributed by atoms with E-state index in [9.17, 15) is 4.79 Å². The van der Waals surface area contributed by atoms with Gasteiger partial charge in [-0.1, -0.05) is 49.5 Å². The number of rotatable bonds is 3. The van der Waals surface area contributed by atoms with E-state index in [0.717, 1.165) is 23.4 Å². The molecule has 2 aromatic heterocycles. The first kappa shape index (κ1) is 20.8. The Morgan fingerprint density at radius 1 is 1.10 bits per heavy atom. The Kier molecular flexibility index (Phi) is 5.82. The average Bonchev–Trinajstić information content (AvgIpc) is 3.00. The van der Waals surface area contributed by atoms with Gasteiger partial charge in [-0.3, -0.25) is 4.79 Å². The molecule has 4 rings (SSSR count). The lowest BCUT2D eigenvalue weighted by atomic mass is 9.95. The summed E-state index contributed by atoms with van der Waals surface area (Å²) in [4.78, 5) is 20.2. The number of aromatic nitrogens is 2. The van der Waals surface area contributed by atoms with E-state index in [1.165, 1.54) is 30.4 Å². The predicted molar refractivity (Wildman–Crippen MR) is 125 cm³/mol. The van der Waals surface area contributed by atoms with Crippen LogP contribution in [0.15, 0.2) is 49.1 Å².